The molecule has 0 bridgehead atoms. The Kier molecular flexibility index (Phi) is 4.62. The second-order valence-electron chi connectivity index (χ2n) is 5.79. The van der Waals surface area contributed by atoms with Crippen LogP contribution in [0.2, 0.25) is 0 Å². The lowest BCUT2D eigenvalue weighted by Gasteiger charge is -2.42. The molecule has 1 aliphatic carbocycles. The molecule has 0 aromatic heterocycles. The zero-order chi connectivity index (χ0) is 13.0. The van der Waals surface area contributed by atoms with Crippen molar-refractivity contribution < 1.29 is 9.53 Å². The van der Waals surface area contributed by atoms with Crippen molar-refractivity contribution in [3.63, 3.8) is 0 Å². The first-order valence-electron chi connectivity index (χ1n) is 7.28. The van der Waals surface area contributed by atoms with E-state index in [1.165, 1.54) is 6.42 Å². The summed E-state index contributed by atoms with van der Waals surface area (Å²) in [5.74, 6) is 0.282. The number of carbonyl (C=O) groups is 1. The second kappa shape index (κ2) is 6.02. The zero-order valence-corrected chi connectivity index (χ0v) is 11.5. The maximum absolute atomic E-state index is 12.3. The lowest BCUT2D eigenvalue weighted by molar-refractivity contribution is -0.139. The van der Waals surface area contributed by atoms with Crippen molar-refractivity contribution in [1.29, 1.82) is 0 Å². The molecule has 2 fully saturated rings. The number of amides is 1. The van der Waals surface area contributed by atoms with Gasteiger partial charge in [-0.15, -0.1) is 0 Å². The summed E-state index contributed by atoms with van der Waals surface area (Å²) in [4.78, 5) is 14.3. The molecule has 2 rings (SSSR count). The van der Waals surface area contributed by atoms with Crippen LogP contribution in [0.5, 0.6) is 0 Å². The quantitative estimate of drug-likeness (QED) is 0.809. The molecule has 1 heterocycles. The first kappa shape index (κ1) is 13.8. The van der Waals surface area contributed by atoms with Gasteiger partial charge < -0.3 is 15.4 Å². The highest BCUT2D eigenvalue weighted by atomic mass is 16.5. The average Bonchev–Trinajstić information content (AvgIpc) is 2.34. The summed E-state index contributed by atoms with van der Waals surface area (Å²) in [6.07, 6.45) is 6.50. The summed E-state index contributed by atoms with van der Waals surface area (Å²) in [7, 11) is 0. The van der Waals surface area contributed by atoms with Gasteiger partial charge in [-0.1, -0.05) is 6.42 Å². The Balaban J connectivity index is 1.84. The van der Waals surface area contributed by atoms with E-state index in [0.29, 0.717) is 13.0 Å². The Morgan fingerprint density at radius 1 is 1.44 bits per heavy atom. The molecule has 4 nitrogen and oxygen atoms in total. The molecule has 1 aliphatic heterocycles. The van der Waals surface area contributed by atoms with Crippen LogP contribution in [0.1, 0.15) is 45.4 Å². The van der Waals surface area contributed by atoms with Crippen molar-refractivity contribution in [3.05, 3.63) is 0 Å². The van der Waals surface area contributed by atoms with Gasteiger partial charge in [0.15, 0.2) is 0 Å². The Morgan fingerprint density at radius 2 is 2.22 bits per heavy atom. The predicted molar refractivity (Wildman–Crippen MR) is 71.2 cm³/mol. The minimum Gasteiger partial charge on any atom is -0.377 e. The predicted octanol–water partition coefficient (Wildman–Crippen LogP) is 1.53. The highest BCUT2D eigenvalue weighted by Gasteiger charge is 2.39. The van der Waals surface area contributed by atoms with Gasteiger partial charge in [0.1, 0.15) is 0 Å². The SMILES string of the molecule is CCOC1CCCN(C(=O)CC2(CN)CCC2)C1. The number of nitrogens with two attached hydrogens (primary N) is 1. The molecule has 2 aliphatic rings. The molecule has 1 saturated carbocycles. The summed E-state index contributed by atoms with van der Waals surface area (Å²) in [5, 5.41) is 0. The van der Waals surface area contributed by atoms with Crippen LogP contribution in [-0.2, 0) is 9.53 Å². The normalized spacial score (nSPS) is 26.8. The number of hydrogen-bond acceptors (Lipinski definition) is 3. The molecular weight excluding hydrogens is 228 g/mol. The van der Waals surface area contributed by atoms with Crippen LogP contribution in [0.3, 0.4) is 0 Å². The third-order valence-electron chi connectivity index (χ3n) is 4.51. The molecule has 4 heteroatoms. The minimum absolute atomic E-state index is 0.121. The van der Waals surface area contributed by atoms with E-state index in [0.717, 1.165) is 45.4 Å². The topological polar surface area (TPSA) is 55.6 Å². The monoisotopic (exact) mass is 254 g/mol. The van der Waals surface area contributed by atoms with Crippen LogP contribution < -0.4 is 5.73 Å². The number of rotatable bonds is 5. The number of carbonyl (C=O) groups excluding carboxylic acids is 1. The van der Waals surface area contributed by atoms with Crippen molar-refractivity contribution in [2.75, 3.05) is 26.2 Å². The van der Waals surface area contributed by atoms with E-state index < -0.39 is 0 Å². The highest BCUT2D eigenvalue weighted by molar-refractivity contribution is 5.77. The van der Waals surface area contributed by atoms with E-state index in [-0.39, 0.29) is 17.4 Å². The molecule has 1 unspecified atom stereocenters. The van der Waals surface area contributed by atoms with Crippen LogP contribution in [0.15, 0.2) is 0 Å². The summed E-state index contributed by atoms with van der Waals surface area (Å²) in [6.45, 7) is 5.07. The Labute approximate surface area is 110 Å². The summed E-state index contributed by atoms with van der Waals surface area (Å²) in [5.41, 5.74) is 5.95. The van der Waals surface area contributed by atoms with Gasteiger partial charge in [0.25, 0.3) is 0 Å². The number of hydrogen-bond donors (Lipinski definition) is 1. The minimum atomic E-state index is 0.121. The largest absolute Gasteiger partial charge is 0.377 e. The third kappa shape index (κ3) is 3.04. The molecule has 18 heavy (non-hydrogen) atoms. The second-order valence-corrected chi connectivity index (χ2v) is 5.79. The average molecular weight is 254 g/mol. The number of ether oxygens (including phenoxy) is 1. The molecule has 0 spiro atoms. The van der Waals surface area contributed by atoms with Gasteiger partial charge in [0.2, 0.25) is 5.91 Å². The van der Waals surface area contributed by atoms with Crippen LogP contribution in [-0.4, -0.2) is 43.2 Å². The molecule has 0 aromatic carbocycles. The van der Waals surface area contributed by atoms with Crippen molar-refractivity contribution in [2.24, 2.45) is 11.1 Å². The van der Waals surface area contributed by atoms with Crippen LogP contribution in [0.25, 0.3) is 0 Å². The van der Waals surface area contributed by atoms with E-state index in [2.05, 4.69) is 0 Å². The molecule has 1 atom stereocenters. The standard InChI is InChI=1S/C14H26N2O2/c1-2-18-12-5-3-8-16(10-12)13(17)9-14(11-15)6-4-7-14/h12H,2-11,15H2,1H3. The van der Waals surface area contributed by atoms with E-state index in [1.54, 1.807) is 0 Å². The van der Waals surface area contributed by atoms with Crippen LogP contribution in [0, 0.1) is 5.41 Å². The smallest absolute Gasteiger partial charge is 0.223 e. The van der Waals surface area contributed by atoms with E-state index >= 15 is 0 Å². The van der Waals surface area contributed by atoms with Crippen LogP contribution in [0.4, 0.5) is 0 Å². The van der Waals surface area contributed by atoms with Gasteiger partial charge in [-0.25, -0.2) is 0 Å². The van der Waals surface area contributed by atoms with Gasteiger partial charge in [0.05, 0.1) is 6.10 Å². The molecular formula is C14H26N2O2. The lowest BCUT2D eigenvalue weighted by atomic mass is 9.66. The number of likely N-dealkylation sites (tertiary alicyclic amines) is 1. The van der Waals surface area contributed by atoms with Gasteiger partial charge in [-0.05, 0) is 44.6 Å². The fourth-order valence-corrected chi connectivity index (χ4v) is 3.10. The lowest BCUT2D eigenvalue weighted by Crippen LogP contribution is -2.47. The van der Waals surface area contributed by atoms with Gasteiger partial charge >= 0.3 is 0 Å². The van der Waals surface area contributed by atoms with Gasteiger partial charge in [-0.2, -0.15) is 0 Å². The fourth-order valence-electron chi connectivity index (χ4n) is 3.10. The molecule has 1 amide bonds. The van der Waals surface area contributed by atoms with Crippen LogP contribution >= 0.6 is 0 Å². The molecule has 0 aromatic rings. The summed E-state index contributed by atoms with van der Waals surface area (Å²) >= 11 is 0. The van der Waals surface area contributed by atoms with E-state index in [4.69, 9.17) is 10.5 Å². The summed E-state index contributed by atoms with van der Waals surface area (Å²) < 4.78 is 5.64. The first-order chi connectivity index (χ1) is 8.69. The van der Waals surface area contributed by atoms with Gasteiger partial charge in [-0.3, -0.25) is 4.79 Å². The third-order valence-corrected chi connectivity index (χ3v) is 4.51. The van der Waals surface area contributed by atoms with Crippen molar-refractivity contribution in [3.8, 4) is 0 Å². The fraction of sp³-hybridized carbons (Fsp3) is 0.929. The summed E-state index contributed by atoms with van der Waals surface area (Å²) in [6, 6.07) is 0. The molecule has 2 N–H and O–H groups in total. The highest BCUT2D eigenvalue weighted by Crippen LogP contribution is 2.43. The maximum Gasteiger partial charge on any atom is 0.223 e. The first-order valence-corrected chi connectivity index (χ1v) is 7.28. The number of nitrogens with zero attached hydrogens (tertiary/aromatic N) is 1. The van der Waals surface area contributed by atoms with Crippen molar-refractivity contribution in [2.45, 2.75) is 51.6 Å². The van der Waals surface area contributed by atoms with E-state index in [9.17, 15) is 4.79 Å². The molecule has 1 saturated heterocycles. The van der Waals surface area contributed by atoms with Crippen molar-refractivity contribution in [1.82, 2.24) is 4.90 Å². The molecule has 104 valence electrons. The zero-order valence-electron chi connectivity index (χ0n) is 11.5. The maximum atomic E-state index is 12.3. The Hall–Kier alpha value is -0.610. The Bertz CT molecular complexity index is 282. The van der Waals surface area contributed by atoms with E-state index in [1.807, 2.05) is 11.8 Å². The van der Waals surface area contributed by atoms with Gasteiger partial charge in [0, 0.05) is 26.1 Å². The van der Waals surface area contributed by atoms with Crippen molar-refractivity contribution >= 4 is 5.91 Å². The molecule has 0 radical (unpaired) electrons. The Morgan fingerprint density at radius 3 is 2.78 bits per heavy atom. The number of piperidine rings is 1.